The Balaban J connectivity index is 1.51. The summed E-state index contributed by atoms with van der Waals surface area (Å²) < 4.78 is 0. The predicted octanol–water partition coefficient (Wildman–Crippen LogP) is 4.16. The van der Waals surface area contributed by atoms with Gasteiger partial charge in [0.25, 0.3) is 0 Å². The minimum Gasteiger partial charge on any atom is -0.376 e. The number of anilines is 3. The van der Waals surface area contributed by atoms with Crippen LogP contribution < -0.4 is 15.5 Å². The minimum atomic E-state index is -0.0997. The third-order valence-electron chi connectivity index (χ3n) is 4.74. The van der Waals surface area contributed by atoms with Crippen molar-refractivity contribution in [3.8, 4) is 0 Å². The van der Waals surface area contributed by atoms with Gasteiger partial charge in [0.1, 0.15) is 0 Å². The van der Waals surface area contributed by atoms with Gasteiger partial charge < -0.3 is 15.5 Å². The second-order valence-corrected chi connectivity index (χ2v) is 7.92. The Labute approximate surface area is 160 Å². The Kier molecular flexibility index (Phi) is 5.49. The maximum absolute atomic E-state index is 12.2. The van der Waals surface area contributed by atoms with Gasteiger partial charge in [-0.2, -0.15) is 0 Å². The average molecular weight is 365 g/mol. The topological polar surface area (TPSA) is 61.4 Å². The average Bonchev–Trinajstić information content (AvgIpc) is 3.06. The third kappa shape index (κ3) is 4.88. The lowest BCUT2D eigenvalue weighted by atomic mass is 9.87. The molecular formula is C22H27N3O2. The van der Waals surface area contributed by atoms with Crippen molar-refractivity contribution in [2.45, 2.75) is 39.0 Å². The number of hydrogen-bond donors (Lipinski definition) is 2. The van der Waals surface area contributed by atoms with Crippen LogP contribution in [0.25, 0.3) is 0 Å². The number of carbonyl (C=O) groups excluding carboxylic acids is 2. The molecule has 1 aliphatic rings. The number of amides is 2. The molecule has 2 N–H and O–H groups in total. The molecule has 0 saturated carbocycles. The first kappa shape index (κ1) is 19.0. The van der Waals surface area contributed by atoms with E-state index >= 15 is 0 Å². The number of carbonyl (C=O) groups is 2. The van der Waals surface area contributed by atoms with E-state index in [1.165, 1.54) is 5.56 Å². The summed E-state index contributed by atoms with van der Waals surface area (Å²) >= 11 is 0. The molecule has 0 atom stereocenters. The molecule has 142 valence electrons. The van der Waals surface area contributed by atoms with Crippen molar-refractivity contribution in [1.29, 1.82) is 0 Å². The van der Waals surface area contributed by atoms with Crippen molar-refractivity contribution in [3.63, 3.8) is 0 Å². The molecule has 0 spiro atoms. The zero-order chi connectivity index (χ0) is 19.4. The summed E-state index contributed by atoms with van der Waals surface area (Å²) in [6.45, 7) is 7.45. The number of hydrogen-bond acceptors (Lipinski definition) is 3. The SMILES string of the molecule is CC(C)(C)c1ccc(NC(=O)CNc2ccc(N3CCCC3=O)cc2)cc1. The van der Waals surface area contributed by atoms with E-state index in [0.717, 1.165) is 30.0 Å². The quantitative estimate of drug-likeness (QED) is 0.836. The third-order valence-corrected chi connectivity index (χ3v) is 4.74. The maximum Gasteiger partial charge on any atom is 0.243 e. The van der Waals surface area contributed by atoms with Crippen LogP contribution in [0.1, 0.15) is 39.2 Å². The largest absolute Gasteiger partial charge is 0.376 e. The molecule has 1 aliphatic heterocycles. The van der Waals surface area contributed by atoms with Crippen LogP contribution in [-0.2, 0) is 15.0 Å². The normalized spacial score (nSPS) is 14.3. The van der Waals surface area contributed by atoms with E-state index in [2.05, 4.69) is 31.4 Å². The fourth-order valence-electron chi connectivity index (χ4n) is 3.12. The lowest BCUT2D eigenvalue weighted by Gasteiger charge is -2.19. The van der Waals surface area contributed by atoms with E-state index in [9.17, 15) is 9.59 Å². The zero-order valence-electron chi connectivity index (χ0n) is 16.2. The van der Waals surface area contributed by atoms with Gasteiger partial charge >= 0.3 is 0 Å². The molecule has 0 radical (unpaired) electrons. The first-order chi connectivity index (χ1) is 12.8. The summed E-state index contributed by atoms with van der Waals surface area (Å²) in [5.41, 5.74) is 3.87. The Bertz CT molecular complexity index is 805. The molecule has 27 heavy (non-hydrogen) atoms. The number of nitrogens with zero attached hydrogens (tertiary/aromatic N) is 1. The summed E-state index contributed by atoms with van der Waals surface area (Å²) in [5, 5.41) is 6.01. The lowest BCUT2D eigenvalue weighted by molar-refractivity contribution is -0.117. The highest BCUT2D eigenvalue weighted by Gasteiger charge is 2.21. The van der Waals surface area contributed by atoms with Gasteiger partial charge in [-0.05, 0) is 53.8 Å². The molecule has 1 saturated heterocycles. The summed E-state index contributed by atoms with van der Waals surface area (Å²) in [7, 11) is 0. The summed E-state index contributed by atoms with van der Waals surface area (Å²) in [5.74, 6) is 0.0740. The molecule has 0 aliphatic carbocycles. The van der Waals surface area contributed by atoms with Crippen LogP contribution in [0.3, 0.4) is 0 Å². The fourth-order valence-corrected chi connectivity index (χ4v) is 3.12. The van der Waals surface area contributed by atoms with Gasteiger partial charge in [0.2, 0.25) is 11.8 Å². The molecule has 2 amide bonds. The number of nitrogens with one attached hydrogen (secondary N) is 2. The van der Waals surface area contributed by atoms with Gasteiger partial charge in [0.15, 0.2) is 0 Å². The van der Waals surface area contributed by atoms with Gasteiger partial charge in [-0.25, -0.2) is 0 Å². The van der Waals surface area contributed by atoms with Crippen LogP contribution in [0.4, 0.5) is 17.1 Å². The zero-order valence-corrected chi connectivity index (χ0v) is 16.2. The second-order valence-electron chi connectivity index (χ2n) is 7.92. The monoisotopic (exact) mass is 365 g/mol. The van der Waals surface area contributed by atoms with E-state index in [0.29, 0.717) is 6.42 Å². The Morgan fingerprint density at radius 1 is 1.00 bits per heavy atom. The molecular weight excluding hydrogens is 338 g/mol. The van der Waals surface area contributed by atoms with E-state index in [4.69, 9.17) is 0 Å². The molecule has 2 aromatic rings. The Morgan fingerprint density at radius 2 is 1.63 bits per heavy atom. The fraction of sp³-hybridized carbons (Fsp3) is 0.364. The van der Waals surface area contributed by atoms with Crippen LogP contribution in [0, 0.1) is 0 Å². The lowest BCUT2D eigenvalue weighted by Crippen LogP contribution is -2.24. The minimum absolute atomic E-state index is 0.0932. The highest BCUT2D eigenvalue weighted by atomic mass is 16.2. The van der Waals surface area contributed by atoms with Gasteiger partial charge in [0.05, 0.1) is 6.54 Å². The first-order valence-electron chi connectivity index (χ1n) is 9.38. The van der Waals surface area contributed by atoms with Crippen LogP contribution >= 0.6 is 0 Å². The van der Waals surface area contributed by atoms with Crippen LogP contribution in [0.2, 0.25) is 0 Å². The molecule has 1 fully saturated rings. The van der Waals surface area contributed by atoms with Crippen molar-refractivity contribution >= 4 is 28.9 Å². The van der Waals surface area contributed by atoms with E-state index in [1.807, 2.05) is 48.5 Å². The van der Waals surface area contributed by atoms with Crippen molar-refractivity contribution in [3.05, 3.63) is 54.1 Å². The summed E-state index contributed by atoms with van der Waals surface area (Å²) in [6, 6.07) is 15.6. The molecule has 0 unspecified atom stereocenters. The molecule has 3 rings (SSSR count). The van der Waals surface area contributed by atoms with Crippen molar-refractivity contribution < 1.29 is 9.59 Å². The maximum atomic E-state index is 12.2. The van der Waals surface area contributed by atoms with E-state index in [-0.39, 0.29) is 23.8 Å². The second kappa shape index (κ2) is 7.82. The Hall–Kier alpha value is -2.82. The Morgan fingerprint density at radius 3 is 2.19 bits per heavy atom. The van der Waals surface area contributed by atoms with E-state index in [1.54, 1.807) is 4.90 Å². The smallest absolute Gasteiger partial charge is 0.243 e. The van der Waals surface area contributed by atoms with Gasteiger partial charge in [0, 0.05) is 30.0 Å². The summed E-state index contributed by atoms with van der Waals surface area (Å²) in [4.78, 5) is 25.7. The molecule has 2 aromatic carbocycles. The van der Waals surface area contributed by atoms with Gasteiger partial charge in [-0.15, -0.1) is 0 Å². The van der Waals surface area contributed by atoms with Crippen LogP contribution in [-0.4, -0.2) is 24.9 Å². The number of rotatable bonds is 5. The molecule has 0 bridgehead atoms. The molecule has 1 heterocycles. The number of benzene rings is 2. The highest BCUT2D eigenvalue weighted by molar-refractivity contribution is 5.96. The van der Waals surface area contributed by atoms with Crippen molar-refractivity contribution in [1.82, 2.24) is 0 Å². The van der Waals surface area contributed by atoms with Crippen LogP contribution in [0.5, 0.6) is 0 Å². The molecule has 0 aromatic heterocycles. The molecule has 5 heteroatoms. The van der Waals surface area contributed by atoms with Crippen molar-refractivity contribution in [2.24, 2.45) is 0 Å². The van der Waals surface area contributed by atoms with Gasteiger partial charge in [-0.1, -0.05) is 32.9 Å². The van der Waals surface area contributed by atoms with Crippen molar-refractivity contribution in [2.75, 3.05) is 28.6 Å². The first-order valence-corrected chi connectivity index (χ1v) is 9.38. The predicted molar refractivity (Wildman–Crippen MR) is 110 cm³/mol. The van der Waals surface area contributed by atoms with E-state index < -0.39 is 0 Å². The molecule has 5 nitrogen and oxygen atoms in total. The van der Waals surface area contributed by atoms with Gasteiger partial charge in [-0.3, -0.25) is 9.59 Å². The summed E-state index contributed by atoms with van der Waals surface area (Å²) in [6.07, 6.45) is 1.53. The highest BCUT2D eigenvalue weighted by Crippen LogP contribution is 2.24. The standard InChI is InChI=1S/C22H27N3O2/c1-22(2,3)16-6-8-18(9-7-16)24-20(26)15-23-17-10-12-19(13-11-17)25-14-4-5-21(25)27/h6-13,23H,4-5,14-15H2,1-3H3,(H,24,26). The van der Waals surface area contributed by atoms with Crippen LogP contribution in [0.15, 0.2) is 48.5 Å².